The number of amides is 1. The number of nitro groups is 1. The Kier molecular flexibility index (Phi) is 3.97. The Morgan fingerprint density at radius 1 is 1.43 bits per heavy atom. The zero-order chi connectivity index (χ0) is 15.8. The number of nitrogens with zero attached hydrogens (tertiary/aromatic N) is 2. The average Bonchev–Trinajstić information content (AvgIpc) is 2.60. The van der Waals surface area contributed by atoms with Crippen molar-refractivity contribution in [2.24, 2.45) is 5.92 Å². The lowest BCUT2D eigenvalue weighted by molar-refractivity contribution is -0.384. The predicted octanol–water partition coefficient (Wildman–Crippen LogP) is 0.595. The number of fused-ring (bicyclic) bond motifs is 1. The Hall–Kier alpha value is -2.00. The van der Waals surface area contributed by atoms with E-state index in [2.05, 4.69) is 5.32 Å². The summed E-state index contributed by atoms with van der Waals surface area (Å²) in [5.41, 5.74) is -0.441. The highest BCUT2D eigenvalue weighted by Gasteiger charge is 2.42. The Balaban J connectivity index is 2.42. The van der Waals surface area contributed by atoms with Crippen LogP contribution in [0.4, 0.5) is 5.69 Å². The Labute approximate surface area is 122 Å². The van der Waals surface area contributed by atoms with E-state index in [1.54, 1.807) is 7.05 Å². The van der Waals surface area contributed by atoms with Gasteiger partial charge in [-0.3, -0.25) is 14.9 Å². The molecule has 0 fully saturated rings. The molecule has 1 heterocycles. The number of hydrogen-bond donors (Lipinski definition) is 1. The molecular weight excluding hydrogens is 298 g/mol. The fourth-order valence-electron chi connectivity index (χ4n) is 2.26. The number of sulfonamides is 1. The predicted molar refractivity (Wildman–Crippen MR) is 74.4 cm³/mol. The molecule has 1 N–H and O–H groups in total. The fraction of sp³-hybridized carbons (Fsp3) is 0.417. The summed E-state index contributed by atoms with van der Waals surface area (Å²) < 4.78 is 25.4. The van der Waals surface area contributed by atoms with Gasteiger partial charge in [0.15, 0.2) is 0 Å². The summed E-state index contributed by atoms with van der Waals surface area (Å²) in [5, 5.41) is 13.6. The maximum Gasteiger partial charge on any atom is 0.270 e. The van der Waals surface area contributed by atoms with Crippen LogP contribution in [-0.2, 0) is 10.0 Å². The summed E-state index contributed by atoms with van der Waals surface area (Å²) in [6.45, 7) is 2.39. The van der Waals surface area contributed by atoms with E-state index in [0.29, 0.717) is 6.54 Å². The fourth-order valence-corrected chi connectivity index (χ4v) is 3.93. The van der Waals surface area contributed by atoms with E-state index in [0.717, 1.165) is 22.5 Å². The molecule has 0 aromatic heterocycles. The van der Waals surface area contributed by atoms with Crippen molar-refractivity contribution < 1.29 is 18.1 Å². The lowest BCUT2D eigenvalue weighted by atomic mass is 10.1. The van der Waals surface area contributed by atoms with Gasteiger partial charge in [0.05, 0.1) is 10.5 Å². The van der Waals surface area contributed by atoms with Gasteiger partial charge < -0.3 is 5.32 Å². The number of nitrogens with one attached hydrogen (secondary N) is 1. The molecule has 1 aromatic rings. The largest absolute Gasteiger partial charge is 0.319 e. The number of benzene rings is 1. The van der Waals surface area contributed by atoms with Gasteiger partial charge in [0.25, 0.3) is 21.6 Å². The summed E-state index contributed by atoms with van der Waals surface area (Å²) in [5.74, 6) is -0.783. The van der Waals surface area contributed by atoms with Crippen LogP contribution in [0, 0.1) is 16.0 Å². The molecule has 0 aliphatic carbocycles. The van der Waals surface area contributed by atoms with E-state index >= 15 is 0 Å². The number of hydrogen-bond acceptors (Lipinski definition) is 6. The van der Waals surface area contributed by atoms with Crippen molar-refractivity contribution >= 4 is 21.6 Å². The van der Waals surface area contributed by atoms with Crippen molar-refractivity contribution in [1.82, 2.24) is 9.62 Å². The molecule has 21 heavy (non-hydrogen) atoms. The maximum atomic E-state index is 12.3. The lowest BCUT2D eigenvalue weighted by Gasteiger charge is -2.19. The molecule has 0 saturated heterocycles. The number of carbonyl (C=O) groups excluding carboxylic acids is 1. The van der Waals surface area contributed by atoms with Crippen LogP contribution in [0.5, 0.6) is 0 Å². The SMILES string of the molecule is CNCC(C)CN1C(=O)c2cc([N+](=O)[O-])ccc2S1(=O)=O. The second-order valence-corrected chi connectivity index (χ2v) is 6.77. The van der Waals surface area contributed by atoms with Crippen LogP contribution in [0.2, 0.25) is 0 Å². The third kappa shape index (κ3) is 2.61. The molecule has 2 rings (SSSR count). The minimum atomic E-state index is -3.92. The summed E-state index contributed by atoms with van der Waals surface area (Å²) in [7, 11) is -2.19. The summed E-state index contributed by atoms with van der Waals surface area (Å²) in [6, 6.07) is 3.21. The van der Waals surface area contributed by atoms with Crippen LogP contribution in [0.1, 0.15) is 17.3 Å². The van der Waals surface area contributed by atoms with Crippen molar-refractivity contribution in [3.63, 3.8) is 0 Å². The van der Waals surface area contributed by atoms with Crippen molar-refractivity contribution in [3.05, 3.63) is 33.9 Å². The molecule has 1 aromatic carbocycles. The van der Waals surface area contributed by atoms with Gasteiger partial charge in [-0.2, -0.15) is 0 Å². The lowest BCUT2D eigenvalue weighted by Crippen LogP contribution is -2.36. The third-order valence-corrected chi connectivity index (χ3v) is 5.04. The summed E-state index contributed by atoms with van der Waals surface area (Å²) >= 11 is 0. The van der Waals surface area contributed by atoms with Gasteiger partial charge >= 0.3 is 0 Å². The van der Waals surface area contributed by atoms with Crippen LogP contribution in [0.15, 0.2) is 23.1 Å². The number of rotatable bonds is 5. The van der Waals surface area contributed by atoms with Crippen LogP contribution >= 0.6 is 0 Å². The van der Waals surface area contributed by atoms with Crippen LogP contribution in [-0.4, -0.2) is 43.7 Å². The molecular formula is C12H15N3O5S. The van der Waals surface area contributed by atoms with Gasteiger partial charge in [-0.05, 0) is 25.6 Å². The molecule has 0 radical (unpaired) electrons. The average molecular weight is 313 g/mol. The van der Waals surface area contributed by atoms with Crippen LogP contribution < -0.4 is 5.32 Å². The van der Waals surface area contributed by atoms with Crippen molar-refractivity contribution in [1.29, 1.82) is 0 Å². The highest BCUT2D eigenvalue weighted by molar-refractivity contribution is 7.90. The van der Waals surface area contributed by atoms with Gasteiger partial charge in [-0.25, -0.2) is 12.7 Å². The maximum absolute atomic E-state index is 12.3. The van der Waals surface area contributed by atoms with Crippen LogP contribution in [0.25, 0.3) is 0 Å². The first-order valence-electron chi connectivity index (χ1n) is 6.29. The smallest absolute Gasteiger partial charge is 0.270 e. The van der Waals surface area contributed by atoms with Crippen molar-refractivity contribution in [2.75, 3.05) is 20.1 Å². The van der Waals surface area contributed by atoms with E-state index < -0.39 is 20.9 Å². The Morgan fingerprint density at radius 2 is 2.10 bits per heavy atom. The van der Waals surface area contributed by atoms with Gasteiger partial charge in [0.2, 0.25) is 0 Å². The van der Waals surface area contributed by atoms with Gasteiger partial charge in [0, 0.05) is 18.7 Å². The first-order valence-corrected chi connectivity index (χ1v) is 7.73. The highest BCUT2D eigenvalue weighted by Crippen LogP contribution is 2.33. The van der Waals surface area contributed by atoms with E-state index in [1.165, 1.54) is 0 Å². The first-order chi connectivity index (χ1) is 9.78. The molecule has 1 aliphatic rings. The quantitative estimate of drug-likeness (QED) is 0.629. The molecule has 114 valence electrons. The summed E-state index contributed by atoms with van der Waals surface area (Å²) in [6.07, 6.45) is 0. The molecule has 0 spiro atoms. The van der Waals surface area contributed by atoms with E-state index in [1.807, 2.05) is 6.92 Å². The van der Waals surface area contributed by atoms with Gasteiger partial charge in [-0.1, -0.05) is 6.92 Å². The molecule has 1 unspecified atom stereocenters. The monoisotopic (exact) mass is 313 g/mol. The van der Waals surface area contributed by atoms with Crippen LogP contribution in [0.3, 0.4) is 0 Å². The topological polar surface area (TPSA) is 110 Å². The van der Waals surface area contributed by atoms with Gasteiger partial charge in [-0.15, -0.1) is 0 Å². The molecule has 1 atom stereocenters. The third-order valence-electron chi connectivity index (χ3n) is 3.23. The van der Waals surface area contributed by atoms with Gasteiger partial charge in [0.1, 0.15) is 4.90 Å². The van der Waals surface area contributed by atoms with E-state index in [9.17, 15) is 23.3 Å². The molecule has 8 nitrogen and oxygen atoms in total. The molecule has 0 saturated carbocycles. The molecule has 1 aliphatic heterocycles. The first kappa shape index (κ1) is 15.4. The minimum Gasteiger partial charge on any atom is -0.319 e. The second-order valence-electron chi connectivity index (χ2n) is 4.94. The standard InChI is InChI=1S/C12H15N3O5S/c1-8(6-13-2)7-14-12(16)10-5-9(15(17)18)3-4-11(10)21(14,19)20/h3-5,8,13H,6-7H2,1-2H3. The Bertz CT molecular complexity index is 701. The number of non-ortho nitro benzene ring substituents is 1. The van der Waals surface area contributed by atoms with E-state index in [-0.39, 0.29) is 28.6 Å². The number of carbonyl (C=O) groups is 1. The highest BCUT2D eigenvalue weighted by atomic mass is 32.2. The normalized spacial score (nSPS) is 17.6. The Morgan fingerprint density at radius 3 is 2.67 bits per heavy atom. The molecule has 0 bridgehead atoms. The second kappa shape index (κ2) is 5.41. The zero-order valence-corrected chi connectivity index (χ0v) is 12.4. The van der Waals surface area contributed by atoms with Crippen molar-refractivity contribution in [3.8, 4) is 0 Å². The zero-order valence-electron chi connectivity index (χ0n) is 11.6. The molecule has 1 amide bonds. The van der Waals surface area contributed by atoms with Crippen molar-refractivity contribution in [2.45, 2.75) is 11.8 Å². The van der Waals surface area contributed by atoms with E-state index in [4.69, 9.17) is 0 Å². The summed E-state index contributed by atoms with van der Waals surface area (Å²) in [4.78, 5) is 22.1. The molecule has 9 heteroatoms. The minimum absolute atomic E-state index is 0.0322. The number of nitro benzene ring substituents is 1.